The molecule has 1 aromatic carbocycles. The van der Waals surface area contributed by atoms with Crippen LogP contribution in [0.3, 0.4) is 0 Å². The average molecular weight is 287 g/mol. The molecule has 0 fully saturated rings. The summed E-state index contributed by atoms with van der Waals surface area (Å²) in [7, 11) is 2.12. The Kier molecular flexibility index (Phi) is 6.90. The minimum atomic E-state index is 0.526. The molecular formula is C14H23ClN2S. The summed E-state index contributed by atoms with van der Waals surface area (Å²) in [6.07, 6.45) is 4.15. The lowest BCUT2D eigenvalue weighted by Crippen LogP contribution is -2.33. The summed E-state index contributed by atoms with van der Waals surface area (Å²) in [5.74, 6) is 1.12. The standard InChI is InChI=1S/C14H23ClN2S/c1-4-12(10-18-3)17(2)14-6-5-11(7-8-16)9-13(14)15/h5-6,9,12H,4,7-8,10,16H2,1-3H3. The van der Waals surface area contributed by atoms with E-state index in [9.17, 15) is 0 Å². The lowest BCUT2D eigenvalue weighted by atomic mass is 10.1. The maximum Gasteiger partial charge on any atom is 0.0642 e. The first-order valence-electron chi connectivity index (χ1n) is 6.34. The fraction of sp³-hybridized carbons (Fsp3) is 0.571. The van der Waals surface area contributed by atoms with E-state index in [1.165, 1.54) is 5.56 Å². The molecule has 0 aromatic heterocycles. The van der Waals surface area contributed by atoms with E-state index < -0.39 is 0 Å². The second-order valence-corrected chi connectivity index (χ2v) is 5.77. The first-order chi connectivity index (χ1) is 8.63. The van der Waals surface area contributed by atoms with Gasteiger partial charge < -0.3 is 10.6 Å². The van der Waals surface area contributed by atoms with Crippen LogP contribution in [0.2, 0.25) is 5.02 Å². The predicted molar refractivity (Wildman–Crippen MR) is 85.1 cm³/mol. The van der Waals surface area contributed by atoms with E-state index in [4.69, 9.17) is 17.3 Å². The SMILES string of the molecule is CCC(CSC)N(C)c1ccc(CCN)cc1Cl. The summed E-state index contributed by atoms with van der Waals surface area (Å²) in [4.78, 5) is 2.28. The number of nitrogens with two attached hydrogens (primary N) is 1. The molecule has 0 amide bonds. The Hall–Kier alpha value is -0.380. The molecule has 0 bridgehead atoms. The highest BCUT2D eigenvalue weighted by Gasteiger charge is 2.15. The Morgan fingerprint density at radius 3 is 2.67 bits per heavy atom. The Bertz CT molecular complexity index is 371. The van der Waals surface area contributed by atoms with Crippen molar-refractivity contribution in [2.45, 2.75) is 25.8 Å². The third-order valence-electron chi connectivity index (χ3n) is 3.20. The monoisotopic (exact) mass is 286 g/mol. The van der Waals surface area contributed by atoms with Crippen LogP contribution in [0.25, 0.3) is 0 Å². The molecule has 1 unspecified atom stereocenters. The zero-order chi connectivity index (χ0) is 13.5. The first kappa shape index (κ1) is 15.7. The summed E-state index contributed by atoms with van der Waals surface area (Å²) in [6, 6.07) is 6.79. The molecule has 1 atom stereocenters. The van der Waals surface area contributed by atoms with Crippen molar-refractivity contribution in [1.82, 2.24) is 0 Å². The largest absolute Gasteiger partial charge is 0.370 e. The van der Waals surface area contributed by atoms with Gasteiger partial charge in [0.2, 0.25) is 0 Å². The number of rotatable bonds is 7. The van der Waals surface area contributed by atoms with E-state index in [1.807, 2.05) is 17.8 Å². The third kappa shape index (κ3) is 4.08. The van der Waals surface area contributed by atoms with Crippen molar-refractivity contribution in [3.05, 3.63) is 28.8 Å². The second-order valence-electron chi connectivity index (χ2n) is 4.45. The highest BCUT2D eigenvalue weighted by Crippen LogP contribution is 2.28. The van der Waals surface area contributed by atoms with E-state index >= 15 is 0 Å². The zero-order valence-corrected chi connectivity index (χ0v) is 13.0. The van der Waals surface area contributed by atoms with Crippen molar-refractivity contribution < 1.29 is 0 Å². The highest BCUT2D eigenvalue weighted by atomic mass is 35.5. The molecule has 0 radical (unpaired) electrons. The lowest BCUT2D eigenvalue weighted by Gasteiger charge is -2.29. The molecule has 1 rings (SSSR count). The van der Waals surface area contributed by atoms with Gasteiger partial charge in [0.15, 0.2) is 0 Å². The predicted octanol–water partition coefficient (Wildman–Crippen LogP) is 3.42. The van der Waals surface area contributed by atoms with Crippen molar-refractivity contribution in [2.75, 3.05) is 30.5 Å². The molecule has 0 aliphatic heterocycles. The average Bonchev–Trinajstić information content (AvgIpc) is 2.36. The minimum absolute atomic E-state index is 0.526. The molecule has 0 spiro atoms. The highest BCUT2D eigenvalue weighted by molar-refractivity contribution is 7.98. The molecule has 0 heterocycles. The van der Waals surface area contributed by atoms with Crippen LogP contribution in [0.1, 0.15) is 18.9 Å². The van der Waals surface area contributed by atoms with Crippen LogP contribution in [0.15, 0.2) is 18.2 Å². The molecule has 2 nitrogen and oxygen atoms in total. The number of hydrogen-bond donors (Lipinski definition) is 1. The maximum atomic E-state index is 6.37. The molecule has 0 aliphatic carbocycles. The van der Waals surface area contributed by atoms with E-state index in [2.05, 4.69) is 37.3 Å². The van der Waals surface area contributed by atoms with Crippen LogP contribution in [-0.2, 0) is 6.42 Å². The second kappa shape index (κ2) is 7.93. The van der Waals surface area contributed by atoms with Crippen LogP contribution in [0.5, 0.6) is 0 Å². The summed E-state index contributed by atoms with van der Waals surface area (Å²) in [5.41, 5.74) is 7.88. The number of hydrogen-bond acceptors (Lipinski definition) is 3. The quantitative estimate of drug-likeness (QED) is 0.833. The van der Waals surface area contributed by atoms with Crippen molar-refractivity contribution in [3.63, 3.8) is 0 Å². The van der Waals surface area contributed by atoms with Gasteiger partial charge in [0.25, 0.3) is 0 Å². The fourth-order valence-electron chi connectivity index (χ4n) is 2.05. The normalized spacial score (nSPS) is 12.5. The number of anilines is 1. The molecule has 1 aromatic rings. The van der Waals surface area contributed by atoms with Crippen molar-refractivity contribution in [1.29, 1.82) is 0 Å². The van der Waals surface area contributed by atoms with Crippen LogP contribution in [0.4, 0.5) is 5.69 Å². The molecule has 18 heavy (non-hydrogen) atoms. The molecule has 0 saturated carbocycles. The number of benzene rings is 1. The van der Waals surface area contributed by atoms with Gasteiger partial charge in [-0.05, 0) is 43.3 Å². The van der Waals surface area contributed by atoms with E-state index in [-0.39, 0.29) is 0 Å². The fourth-order valence-corrected chi connectivity index (χ4v) is 3.23. The molecule has 0 saturated heterocycles. The summed E-state index contributed by atoms with van der Waals surface area (Å²) in [5, 5.41) is 0.822. The summed E-state index contributed by atoms with van der Waals surface area (Å²) < 4.78 is 0. The van der Waals surface area contributed by atoms with Gasteiger partial charge in [0, 0.05) is 18.8 Å². The van der Waals surface area contributed by atoms with Crippen LogP contribution in [-0.4, -0.2) is 31.6 Å². The van der Waals surface area contributed by atoms with E-state index in [0.29, 0.717) is 12.6 Å². The van der Waals surface area contributed by atoms with Gasteiger partial charge in [-0.3, -0.25) is 0 Å². The van der Waals surface area contributed by atoms with Crippen molar-refractivity contribution in [2.24, 2.45) is 5.73 Å². The van der Waals surface area contributed by atoms with E-state index in [1.54, 1.807) is 0 Å². The Morgan fingerprint density at radius 1 is 1.44 bits per heavy atom. The topological polar surface area (TPSA) is 29.3 Å². The van der Waals surface area contributed by atoms with Gasteiger partial charge in [-0.2, -0.15) is 11.8 Å². The molecular weight excluding hydrogens is 264 g/mol. The Balaban J connectivity index is 2.87. The van der Waals surface area contributed by atoms with Gasteiger partial charge in [0.05, 0.1) is 10.7 Å². The van der Waals surface area contributed by atoms with E-state index in [0.717, 1.165) is 29.3 Å². The number of thioether (sulfide) groups is 1. The first-order valence-corrected chi connectivity index (χ1v) is 8.11. The van der Waals surface area contributed by atoms with Crippen LogP contribution < -0.4 is 10.6 Å². The van der Waals surface area contributed by atoms with Gasteiger partial charge in [0.1, 0.15) is 0 Å². The van der Waals surface area contributed by atoms with Crippen LogP contribution in [0, 0.1) is 0 Å². The van der Waals surface area contributed by atoms with Gasteiger partial charge >= 0.3 is 0 Å². The maximum absolute atomic E-state index is 6.37. The Labute approximate surface area is 120 Å². The summed E-state index contributed by atoms with van der Waals surface area (Å²) >= 11 is 8.25. The smallest absolute Gasteiger partial charge is 0.0642 e. The third-order valence-corrected chi connectivity index (χ3v) is 4.22. The molecule has 4 heteroatoms. The van der Waals surface area contributed by atoms with Gasteiger partial charge in [-0.15, -0.1) is 0 Å². The molecule has 2 N–H and O–H groups in total. The van der Waals surface area contributed by atoms with Crippen molar-refractivity contribution >= 4 is 29.1 Å². The Morgan fingerprint density at radius 2 is 2.17 bits per heavy atom. The molecule has 102 valence electrons. The zero-order valence-electron chi connectivity index (χ0n) is 11.4. The molecule has 0 aliphatic rings. The number of halogens is 1. The van der Waals surface area contributed by atoms with Crippen LogP contribution >= 0.6 is 23.4 Å². The van der Waals surface area contributed by atoms with Crippen molar-refractivity contribution in [3.8, 4) is 0 Å². The lowest BCUT2D eigenvalue weighted by molar-refractivity contribution is 0.673. The van der Waals surface area contributed by atoms with Gasteiger partial charge in [-0.1, -0.05) is 24.6 Å². The minimum Gasteiger partial charge on any atom is -0.370 e. The summed E-state index contributed by atoms with van der Waals surface area (Å²) in [6.45, 7) is 2.88. The number of nitrogens with zero attached hydrogens (tertiary/aromatic N) is 1. The van der Waals surface area contributed by atoms with Gasteiger partial charge in [-0.25, -0.2) is 0 Å².